The van der Waals surface area contributed by atoms with Crippen LogP contribution in [0.5, 0.6) is 5.75 Å². The number of anilines is 1. The molecule has 1 aromatic heterocycles. The van der Waals surface area contributed by atoms with Gasteiger partial charge in [0, 0.05) is 10.4 Å². The van der Waals surface area contributed by atoms with Crippen LogP contribution in [0.25, 0.3) is 10.1 Å². The van der Waals surface area contributed by atoms with Gasteiger partial charge < -0.3 is 14.8 Å². The highest BCUT2D eigenvalue weighted by atomic mass is 32.2. The number of benzene rings is 3. The first-order valence-corrected chi connectivity index (χ1v) is 13.8. The van der Waals surface area contributed by atoms with Crippen LogP contribution in [0.3, 0.4) is 0 Å². The molecule has 0 aliphatic rings. The van der Waals surface area contributed by atoms with Gasteiger partial charge in [-0.05, 0) is 72.8 Å². The molecule has 0 saturated heterocycles. The van der Waals surface area contributed by atoms with Gasteiger partial charge in [-0.15, -0.1) is 11.3 Å². The third kappa shape index (κ3) is 6.53. The molecule has 3 aromatic carbocycles. The van der Waals surface area contributed by atoms with Crippen molar-refractivity contribution in [2.75, 3.05) is 19.0 Å². The van der Waals surface area contributed by atoms with Crippen LogP contribution in [0.4, 0.5) is 5.69 Å². The molecule has 1 atom stereocenters. The van der Waals surface area contributed by atoms with E-state index < -0.39 is 27.9 Å². The Morgan fingerprint density at radius 2 is 1.70 bits per heavy atom. The fourth-order valence-electron chi connectivity index (χ4n) is 3.73. The summed E-state index contributed by atoms with van der Waals surface area (Å²) < 4.78 is 39.9. The van der Waals surface area contributed by atoms with Crippen LogP contribution in [0.1, 0.15) is 22.2 Å². The molecule has 0 aliphatic carbocycles. The van der Waals surface area contributed by atoms with Crippen molar-refractivity contribution in [1.82, 2.24) is 4.72 Å². The number of ether oxygens (including phenoxy) is 2. The molecule has 0 bridgehead atoms. The number of fused-ring (bicyclic) bond motifs is 1. The molecule has 0 unspecified atom stereocenters. The predicted octanol–water partition coefficient (Wildman–Crippen LogP) is 4.61. The maximum atomic E-state index is 13.3. The molecule has 4 aromatic rings. The summed E-state index contributed by atoms with van der Waals surface area (Å²) in [5.41, 5.74) is 1.28. The van der Waals surface area contributed by atoms with E-state index in [1.54, 1.807) is 36.4 Å². The van der Waals surface area contributed by atoms with Crippen LogP contribution in [0.15, 0.2) is 83.8 Å². The van der Waals surface area contributed by atoms with Gasteiger partial charge in [-0.2, -0.15) is 4.72 Å². The van der Waals surface area contributed by atoms with Crippen molar-refractivity contribution in [3.8, 4) is 5.75 Å². The zero-order valence-electron chi connectivity index (χ0n) is 20.3. The van der Waals surface area contributed by atoms with Gasteiger partial charge in [0.25, 0.3) is 0 Å². The lowest BCUT2D eigenvalue weighted by Gasteiger charge is -2.19. The number of nitrogens with one attached hydrogen (secondary N) is 2. The smallest absolute Gasteiger partial charge is 0.348 e. The lowest BCUT2D eigenvalue weighted by molar-refractivity contribution is -0.117. The third-order valence-corrected chi connectivity index (χ3v) is 8.10. The van der Waals surface area contributed by atoms with Crippen molar-refractivity contribution in [2.45, 2.75) is 24.3 Å². The first kappa shape index (κ1) is 26.3. The summed E-state index contributed by atoms with van der Waals surface area (Å²) in [6.07, 6.45) is 0.149. The van der Waals surface area contributed by atoms with E-state index in [0.717, 1.165) is 15.6 Å². The van der Waals surface area contributed by atoms with Crippen LogP contribution in [0.2, 0.25) is 0 Å². The van der Waals surface area contributed by atoms with Gasteiger partial charge in [0.15, 0.2) is 0 Å². The fraction of sp³-hybridized carbons (Fsp3) is 0.185. The number of methoxy groups -OCH3 is 1. The number of hydrogen-bond donors (Lipinski definition) is 2. The molecule has 10 heteroatoms. The van der Waals surface area contributed by atoms with Crippen molar-refractivity contribution in [3.05, 3.63) is 89.3 Å². The normalized spacial score (nSPS) is 12.2. The number of esters is 1. The van der Waals surface area contributed by atoms with Gasteiger partial charge in [0.2, 0.25) is 15.9 Å². The van der Waals surface area contributed by atoms with Crippen molar-refractivity contribution in [1.29, 1.82) is 0 Å². The molecule has 0 saturated carbocycles. The third-order valence-electron chi connectivity index (χ3n) is 5.51. The monoisotopic (exact) mass is 538 g/mol. The highest BCUT2D eigenvalue weighted by molar-refractivity contribution is 7.89. The van der Waals surface area contributed by atoms with Gasteiger partial charge in [-0.25, -0.2) is 13.2 Å². The van der Waals surface area contributed by atoms with Crippen LogP contribution in [-0.2, 0) is 26.0 Å². The number of sulfonamides is 1. The van der Waals surface area contributed by atoms with Gasteiger partial charge in [-0.1, -0.05) is 30.3 Å². The van der Waals surface area contributed by atoms with E-state index in [0.29, 0.717) is 22.9 Å². The largest absolute Gasteiger partial charge is 0.494 e. The highest BCUT2D eigenvalue weighted by Crippen LogP contribution is 2.29. The summed E-state index contributed by atoms with van der Waals surface area (Å²) >= 11 is 1.29. The molecular weight excluding hydrogens is 512 g/mol. The van der Waals surface area contributed by atoms with Gasteiger partial charge in [0.1, 0.15) is 16.7 Å². The Labute approximate surface area is 219 Å². The second-order valence-electron chi connectivity index (χ2n) is 8.11. The Hall–Kier alpha value is -3.73. The zero-order valence-corrected chi connectivity index (χ0v) is 21.9. The Balaban J connectivity index is 1.57. The summed E-state index contributed by atoms with van der Waals surface area (Å²) in [5.74, 6) is -0.390. The SMILES string of the molecule is CCOc1ccc(S(=O)(=O)N[C@@H](Cc2ccccc2)C(=O)Nc2ccc3sc(C(=O)OC)cc3c2)cc1. The van der Waals surface area contributed by atoms with Gasteiger partial charge >= 0.3 is 5.97 Å². The molecule has 2 N–H and O–H groups in total. The highest BCUT2D eigenvalue weighted by Gasteiger charge is 2.26. The zero-order chi connectivity index (χ0) is 26.4. The van der Waals surface area contributed by atoms with E-state index in [1.165, 1.54) is 30.6 Å². The molecule has 192 valence electrons. The molecule has 0 radical (unpaired) electrons. The average Bonchev–Trinajstić information content (AvgIpc) is 3.32. The van der Waals surface area contributed by atoms with Crippen molar-refractivity contribution in [2.24, 2.45) is 0 Å². The summed E-state index contributed by atoms with van der Waals surface area (Å²) in [4.78, 5) is 25.7. The number of carbonyl (C=O) groups excluding carboxylic acids is 2. The topological polar surface area (TPSA) is 111 Å². The summed E-state index contributed by atoms with van der Waals surface area (Å²) in [7, 11) is -2.69. The van der Waals surface area contributed by atoms with Crippen LogP contribution < -0.4 is 14.8 Å². The maximum absolute atomic E-state index is 13.3. The first-order chi connectivity index (χ1) is 17.8. The second-order valence-corrected chi connectivity index (χ2v) is 10.9. The van der Waals surface area contributed by atoms with E-state index in [-0.39, 0.29) is 11.3 Å². The quantitative estimate of drug-likeness (QED) is 0.285. The Morgan fingerprint density at radius 3 is 2.38 bits per heavy atom. The van der Waals surface area contributed by atoms with E-state index in [1.807, 2.05) is 37.3 Å². The molecule has 0 spiro atoms. The molecule has 8 nitrogen and oxygen atoms in total. The minimum atomic E-state index is -4.01. The maximum Gasteiger partial charge on any atom is 0.348 e. The summed E-state index contributed by atoms with van der Waals surface area (Å²) in [6, 6.07) is 21.0. The summed E-state index contributed by atoms with van der Waals surface area (Å²) in [5, 5.41) is 3.57. The van der Waals surface area contributed by atoms with E-state index in [9.17, 15) is 18.0 Å². The molecule has 1 heterocycles. The standard InChI is InChI=1S/C27H26N2O6S2/c1-3-35-21-10-12-22(13-11-21)37(32,33)29-23(15-18-7-5-4-6-8-18)26(30)28-20-9-14-24-19(16-20)17-25(36-24)27(31)34-2/h4-14,16-17,23,29H,3,15H2,1-2H3,(H,28,30)/t23-/m0/s1. The predicted molar refractivity (Wildman–Crippen MR) is 144 cm³/mol. The lowest BCUT2D eigenvalue weighted by atomic mass is 10.1. The Kier molecular flexibility index (Phi) is 8.22. The van der Waals surface area contributed by atoms with E-state index in [4.69, 9.17) is 9.47 Å². The van der Waals surface area contributed by atoms with E-state index in [2.05, 4.69) is 10.0 Å². The van der Waals surface area contributed by atoms with Gasteiger partial charge in [0.05, 0.1) is 18.6 Å². The van der Waals surface area contributed by atoms with Crippen molar-refractivity contribution in [3.63, 3.8) is 0 Å². The van der Waals surface area contributed by atoms with Gasteiger partial charge in [-0.3, -0.25) is 4.79 Å². The minimum absolute atomic E-state index is 0.0249. The first-order valence-electron chi connectivity index (χ1n) is 11.5. The average molecular weight is 539 g/mol. The molecular formula is C27H26N2O6S2. The van der Waals surface area contributed by atoms with E-state index >= 15 is 0 Å². The number of rotatable bonds is 10. The molecule has 37 heavy (non-hydrogen) atoms. The molecule has 0 aliphatic heterocycles. The van der Waals surface area contributed by atoms with Crippen LogP contribution in [0, 0.1) is 0 Å². The number of hydrogen-bond acceptors (Lipinski definition) is 7. The number of carbonyl (C=O) groups is 2. The molecule has 4 rings (SSSR count). The minimum Gasteiger partial charge on any atom is -0.494 e. The fourth-order valence-corrected chi connectivity index (χ4v) is 5.88. The van der Waals surface area contributed by atoms with Crippen LogP contribution >= 0.6 is 11.3 Å². The molecule has 1 amide bonds. The van der Waals surface area contributed by atoms with Crippen LogP contribution in [-0.4, -0.2) is 40.1 Å². The summed E-state index contributed by atoms with van der Waals surface area (Å²) in [6.45, 7) is 2.30. The Bertz CT molecular complexity index is 1500. The lowest BCUT2D eigenvalue weighted by Crippen LogP contribution is -2.45. The second kappa shape index (κ2) is 11.5. The van der Waals surface area contributed by atoms with Crippen molar-refractivity contribution >= 4 is 49.0 Å². The number of thiophene rings is 1. The van der Waals surface area contributed by atoms with Crippen molar-refractivity contribution < 1.29 is 27.5 Å². The Morgan fingerprint density at radius 1 is 0.973 bits per heavy atom. The molecule has 0 fully saturated rings. The number of amides is 1.